The summed E-state index contributed by atoms with van der Waals surface area (Å²) in [5, 5.41) is 0. The average molecular weight is 308 g/mol. The van der Waals surface area contributed by atoms with Crippen LogP contribution in [0.3, 0.4) is 0 Å². The molecule has 1 heterocycles. The van der Waals surface area contributed by atoms with Gasteiger partial charge in [0.15, 0.2) is 0 Å². The van der Waals surface area contributed by atoms with Gasteiger partial charge in [0, 0.05) is 0 Å². The van der Waals surface area contributed by atoms with E-state index in [0.717, 1.165) is 0 Å². The van der Waals surface area contributed by atoms with Gasteiger partial charge in [-0.3, -0.25) is 0 Å². The molecule has 4 rings (SSSR count). The Morgan fingerprint density at radius 3 is 2.00 bits per heavy atom. The molecule has 1 aliphatic heterocycles. The quantitative estimate of drug-likeness (QED) is 0.604. The molecule has 1 fully saturated rings. The third kappa shape index (κ3) is 3.53. The van der Waals surface area contributed by atoms with Crippen LogP contribution in [0.2, 0.25) is 0 Å². The largest absolute Gasteiger partial charge is 0.368 e. The number of epoxide rings is 1. The zero-order valence-electron chi connectivity index (χ0n) is 12.9. The minimum absolute atomic E-state index is 0.0473. The van der Waals surface area contributed by atoms with Crippen LogP contribution >= 0.6 is 0 Å². The van der Waals surface area contributed by atoms with Crippen LogP contribution in [0.5, 0.6) is 0 Å². The van der Waals surface area contributed by atoms with Crippen LogP contribution in [0, 0.1) is 0 Å². The van der Waals surface area contributed by atoms with E-state index in [2.05, 4.69) is 36.4 Å². The van der Waals surface area contributed by atoms with E-state index in [1.807, 2.05) is 36.4 Å². The molecule has 1 aliphatic carbocycles. The highest BCUT2D eigenvalue weighted by Crippen LogP contribution is 2.36. The van der Waals surface area contributed by atoms with Gasteiger partial charge in [0.1, 0.15) is 24.4 Å². The van der Waals surface area contributed by atoms with E-state index < -0.39 is 0 Å². The van der Waals surface area contributed by atoms with Gasteiger partial charge >= 0.3 is 0 Å². The highest BCUT2D eigenvalue weighted by Gasteiger charge is 2.50. The Kier molecular flexibility index (Phi) is 4.24. The Bertz CT molecular complexity index is 653. The van der Waals surface area contributed by atoms with Crippen LogP contribution < -0.4 is 0 Å². The summed E-state index contributed by atoms with van der Waals surface area (Å²) in [6.45, 7) is 1.16. The predicted octanol–water partition coefficient (Wildman–Crippen LogP) is 3.49. The second-order valence-electron chi connectivity index (χ2n) is 5.97. The molecule has 2 aromatic rings. The maximum atomic E-state index is 6.12. The topological polar surface area (TPSA) is 31.0 Å². The van der Waals surface area contributed by atoms with E-state index in [1.165, 1.54) is 11.1 Å². The minimum Gasteiger partial charge on any atom is -0.368 e. The van der Waals surface area contributed by atoms with Gasteiger partial charge in [-0.25, -0.2) is 0 Å². The number of benzene rings is 2. The number of hydrogen-bond acceptors (Lipinski definition) is 3. The molecule has 0 N–H and O–H groups in total. The summed E-state index contributed by atoms with van der Waals surface area (Å²) in [5.74, 6) is 0. The summed E-state index contributed by atoms with van der Waals surface area (Å²) in [4.78, 5) is 0. The van der Waals surface area contributed by atoms with Crippen molar-refractivity contribution in [3.8, 4) is 0 Å². The monoisotopic (exact) mass is 308 g/mol. The Morgan fingerprint density at radius 1 is 0.739 bits per heavy atom. The fourth-order valence-corrected chi connectivity index (χ4v) is 2.94. The zero-order chi connectivity index (χ0) is 15.5. The molecule has 23 heavy (non-hydrogen) atoms. The Labute approximate surface area is 136 Å². The van der Waals surface area contributed by atoms with Crippen molar-refractivity contribution in [1.82, 2.24) is 0 Å². The number of fused-ring (bicyclic) bond motifs is 1. The third-order valence-electron chi connectivity index (χ3n) is 4.27. The lowest BCUT2D eigenvalue weighted by atomic mass is 10.0. The first-order valence-electron chi connectivity index (χ1n) is 8.05. The molecule has 2 aromatic carbocycles. The third-order valence-corrected chi connectivity index (χ3v) is 4.27. The fraction of sp³-hybridized carbons (Fsp3) is 0.300. The molecular weight excluding hydrogens is 288 g/mol. The van der Waals surface area contributed by atoms with Crippen LogP contribution in [0.15, 0.2) is 72.8 Å². The van der Waals surface area contributed by atoms with Crippen LogP contribution in [-0.4, -0.2) is 24.4 Å². The normalized spacial score (nSPS) is 28.3. The average Bonchev–Trinajstić information content (AvgIpc) is 3.40. The molecule has 0 radical (unpaired) electrons. The van der Waals surface area contributed by atoms with Crippen molar-refractivity contribution < 1.29 is 14.2 Å². The second kappa shape index (κ2) is 6.67. The highest BCUT2D eigenvalue weighted by atomic mass is 16.6. The summed E-state index contributed by atoms with van der Waals surface area (Å²) in [7, 11) is 0. The van der Waals surface area contributed by atoms with Crippen molar-refractivity contribution in [2.45, 2.75) is 37.6 Å². The van der Waals surface area contributed by atoms with Gasteiger partial charge < -0.3 is 14.2 Å². The first-order chi connectivity index (χ1) is 11.4. The van der Waals surface area contributed by atoms with Crippen LogP contribution in [0.1, 0.15) is 11.1 Å². The molecule has 0 spiro atoms. The van der Waals surface area contributed by atoms with Gasteiger partial charge in [-0.2, -0.15) is 0 Å². The Hall–Kier alpha value is -1.94. The van der Waals surface area contributed by atoms with Gasteiger partial charge in [0.05, 0.1) is 13.2 Å². The summed E-state index contributed by atoms with van der Waals surface area (Å²) in [6.07, 6.45) is 4.38. The standard InChI is InChI=1S/C20H20O3/c1-3-7-15(8-4-1)13-21-17-11-12-18-20(23-18)19(17)22-14-16-9-5-2-6-10-16/h1-12,17-20H,13-14H2/t17-,18+,19+,20+/m1/s1. The van der Waals surface area contributed by atoms with Crippen molar-refractivity contribution in [2.24, 2.45) is 0 Å². The Morgan fingerprint density at radius 2 is 1.35 bits per heavy atom. The van der Waals surface area contributed by atoms with Crippen LogP contribution in [-0.2, 0) is 27.4 Å². The summed E-state index contributed by atoms with van der Waals surface area (Å²) >= 11 is 0. The van der Waals surface area contributed by atoms with Gasteiger partial charge in [-0.1, -0.05) is 72.8 Å². The SMILES string of the molecule is C1=C[C@@H](OCc2ccccc2)[C@H](OCc2ccccc2)[C@H]2O[C@@H]12. The van der Waals surface area contributed by atoms with Gasteiger partial charge in [-0.05, 0) is 11.1 Å². The molecule has 0 amide bonds. The van der Waals surface area contributed by atoms with Gasteiger partial charge in [-0.15, -0.1) is 0 Å². The zero-order valence-corrected chi connectivity index (χ0v) is 12.9. The highest BCUT2D eigenvalue weighted by molar-refractivity contribution is 5.19. The molecule has 1 saturated heterocycles. The van der Waals surface area contributed by atoms with Crippen LogP contribution in [0.25, 0.3) is 0 Å². The summed E-state index contributed by atoms with van der Waals surface area (Å²) in [5.41, 5.74) is 2.34. The first-order valence-corrected chi connectivity index (χ1v) is 8.05. The molecule has 0 bridgehead atoms. The molecule has 0 unspecified atom stereocenters. The fourth-order valence-electron chi connectivity index (χ4n) is 2.94. The maximum absolute atomic E-state index is 6.12. The second-order valence-corrected chi connectivity index (χ2v) is 5.97. The lowest BCUT2D eigenvalue weighted by molar-refractivity contribution is -0.0758. The van der Waals surface area contributed by atoms with E-state index in [4.69, 9.17) is 14.2 Å². The summed E-state index contributed by atoms with van der Waals surface area (Å²) < 4.78 is 17.9. The molecule has 4 atom stereocenters. The van der Waals surface area contributed by atoms with Crippen molar-refractivity contribution in [1.29, 1.82) is 0 Å². The van der Waals surface area contributed by atoms with Crippen molar-refractivity contribution >= 4 is 0 Å². The van der Waals surface area contributed by atoms with Crippen molar-refractivity contribution in [2.75, 3.05) is 0 Å². The first kappa shape index (κ1) is 14.6. The molecule has 118 valence electrons. The maximum Gasteiger partial charge on any atom is 0.117 e. The van der Waals surface area contributed by atoms with Gasteiger partial charge in [0.2, 0.25) is 0 Å². The van der Waals surface area contributed by atoms with E-state index in [9.17, 15) is 0 Å². The van der Waals surface area contributed by atoms with E-state index in [-0.39, 0.29) is 24.4 Å². The molecule has 3 heteroatoms. The number of ether oxygens (including phenoxy) is 3. The lowest BCUT2D eigenvalue weighted by Crippen LogP contribution is -2.37. The van der Waals surface area contributed by atoms with Gasteiger partial charge in [0.25, 0.3) is 0 Å². The van der Waals surface area contributed by atoms with Crippen LogP contribution in [0.4, 0.5) is 0 Å². The van der Waals surface area contributed by atoms with E-state index in [1.54, 1.807) is 0 Å². The lowest BCUT2D eigenvalue weighted by Gasteiger charge is -2.26. The molecule has 2 aliphatic rings. The minimum atomic E-state index is -0.0670. The van der Waals surface area contributed by atoms with E-state index in [0.29, 0.717) is 13.2 Å². The molecule has 0 aromatic heterocycles. The number of hydrogen-bond donors (Lipinski definition) is 0. The molecule has 3 nitrogen and oxygen atoms in total. The molecular formula is C20H20O3. The molecule has 0 saturated carbocycles. The summed E-state index contributed by atoms with van der Waals surface area (Å²) in [6, 6.07) is 20.4. The van der Waals surface area contributed by atoms with Crippen molar-refractivity contribution in [3.63, 3.8) is 0 Å². The van der Waals surface area contributed by atoms with Crippen molar-refractivity contribution in [3.05, 3.63) is 83.9 Å². The van der Waals surface area contributed by atoms with E-state index >= 15 is 0 Å². The Balaban J connectivity index is 1.38. The number of rotatable bonds is 6. The predicted molar refractivity (Wildman–Crippen MR) is 87.8 cm³/mol. The smallest absolute Gasteiger partial charge is 0.117 e.